The van der Waals surface area contributed by atoms with Crippen molar-refractivity contribution in [2.24, 2.45) is 5.92 Å². The van der Waals surface area contributed by atoms with Crippen LogP contribution in [0.5, 0.6) is 0 Å². The van der Waals surface area contributed by atoms with Crippen LogP contribution in [0.2, 0.25) is 0 Å². The van der Waals surface area contributed by atoms with E-state index < -0.39 is 0 Å². The smallest absolute Gasteiger partial charge is 0.236 e. The first kappa shape index (κ1) is 18.4. The SMILES string of the molecule is CC(C)[C@@H](C#N)N1CCN(C(=O)CN[C@@H](C)c2ccncc2)CC1. The van der Waals surface area contributed by atoms with Crippen LogP contribution < -0.4 is 5.32 Å². The largest absolute Gasteiger partial charge is 0.339 e. The van der Waals surface area contributed by atoms with Crippen molar-refractivity contribution in [2.75, 3.05) is 32.7 Å². The fourth-order valence-corrected chi connectivity index (χ4v) is 3.02. The first-order valence-corrected chi connectivity index (χ1v) is 8.57. The van der Waals surface area contributed by atoms with Crippen molar-refractivity contribution in [1.82, 2.24) is 20.1 Å². The molecule has 2 rings (SSSR count). The highest BCUT2D eigenvalue weighted by Crippen LogP contribution is 2.14. The predicted octanol–water partition coefficient (Wildman–Crippen LogP) is 1.42. The van der Waals surface area contributed by atoms with E-state index in [1.165, 1.54) is 0 Å². The number of hydrogen-bond donors (Lipinski definition) is 1. The quantitative estimate of drug-likeness (QED) is 0.855. The number of pyridine rings is 1. The molecule has 24 heavy (non-hydrogen) atoms. The average molecular weight is 329 g/mol. The van der Waals surface area contributed by atoms with Crippen LogP contribution in [0.3, 0.4) is 0 Å². The molecule has 2 atom stereocenters. The summed E-state index contributed by atoms with van der Waals surface area (Å²) in [7, 11) is 0. The maximum atomic E-state index is 12.4. The highest BCUT2D eigenvalue weighted by atomic mass is 16.2. The molecule has 1 saturated heterocycles. The molecule has 0 radical (unpaired) electrons. The van der Waals surface area contributed by atoms with Gasteiger partial charge in [0.25, 0.3) is 0 Å². The molecule has 0 unspecified atom stereocenters. The van der Waals surface area contributed by atoms with Crippen molar-refractivity contribution in [1.29, 1.82) is 5.26 Å². The maximum absolute atomic E-state index is 12.4. The summed E-state index contributed by atoms with van der Waals surface area (Å²) >= 11 is 0. The van der Waals surface area contributed by atoms with Gasteiger partial charge >= 0.3 is 0 Å². The minimum Gasteiger partial charge on any atom is -0.339 e. The Labute approximate surface area is 144 Å². The van der Waals surface area contributed by atoms with Crippen molar-refractivity contribution in [3.05, 3.63) is 30.1 Å². The third kappa shape index (κ3) is 4.76. The van der Waals surface area contributed by atoms with E-state index >= 15 is 0 Å². The number of rotatable bonds is 6. The van der Waals surface area contributed by atoms with E-state index in [2.05, 4.69) is 35.1 Å². The molecule has 1 N–H and O–H groups in total. The third-order valence-electron chi connectivity index (χ3n) is 4.59. The second kappa shape index (κ2) is 8.76. The highest BCUT2D eigenvalue weighted by Gasteiger charge is 2.27. The van der Waals surface area contributed by atoms with Crippen molar-refractivity contribution in [2.45, 2.75) is 32.9 Å². The molecule has 1 aromatic rings. The predicted molar refractivity (Wildman–Crippen MR) is 93.0 cm³/mol. The molecule has 2 heterocycles. The Hall–Kier alpha value is -1.97. The van der Waals surface area contributed by atoms with Gasteiger partial charge in [0.1, 0.15) is 6.04 Å². The lowest BCUT2D eigenvalue weighted by Gasteiger charge is -2.38. The van der Waals surface area contributed by atoms with Gasteiger partial charge in [0.15, 0.2) is 0 Å². The minimum atomic E-state index is -0.0629. The van der Waals surface area contributed by atoms with Gasteiger partial charge in [-0.05, 0) is 30.5 Å². The Morgan fingerprint density at radius 2 is 1.88 bits per heavy atom. The van der Waals surface area contributed by atoms with Gasteiger partial charge in [-0.25, -0.2) is 0 Å². The first-order chi connectivity index (χ1) is 11.5. The summed E-state index contributed by atoms with van der Waals surface area (Å²) in [6.45, 7) is 9.41. The van der Waals surface area contributed by atoms with Crippen LogP contribution in [0.25, 0.3) is 0 Å². The Kier molecular flexibility index (Phi) is 6.71. The van der Waals surface area contributed by atoms with Gasteiger partial charge in [0.05, 0.1) is 12.6 Å². The van der Waals surface area contributed by atoms with E-state index in [0.717, 1.165) is 18.7 Å². The lowest BCUT2D eigenvalue weighted by atomic mass is 10.0. The molecule has 0 saturated carbocycles. The average Bonchev–Trinajstić information content (AvgIpc) is 2.61. The van der Waals surface area contributed by atoms with Gasteiger partial charge in [-0.2, -0.15) is 5.26 Å². The second-order valence-corrected chi connectivity index (χ2v) is 6.62. The van der Waals surface area contributed by atoms with E-state index in [1.54, 1.807) is 12.4 Å². The Bertz CT molecular complexity index is 561. The fourth-order valence-electron chi connectivity index (χ4n) is 3.02. The van der Waals surface area contributed by atoms with E-state index in [0.29, 0.717) is 25.6 Å². The number of amides is 1. The second-order valence-electron chi connectivity index (χ2n) is 6.62. The first-order valence-electron chi connectivity index (χ1n) is 8.57. The number of nitrogens with zero attached hydrogens (tertiary/aromatic N) is 4. The molecule has 0 aliphatic carbocycles. The summed E-state index contributed by atoms with van der Waals surface area (Å²) < 4.78 is 0. The minimum absolute atomic E-state index is 0.0629. The topological polar surface area (TPSA) is 72.3 Å². The molecule has 1 fully saturated rings. The summed E-state index contributed by atoms with van der Waals surface area (Å²) in [5, 5.41) is 12.6. The van der Waals surface area contributed by atoms with Crippen molar-refractivity contribution in [3.63, 3.8) is 0 Å². The van der Waals surface area contributed by atoms with Crippen LogP contribution in [-0.2, 0) is 4.79 Å². The number of aromatic nitrogens is 1. The molecule has 1 aromatic heterocycles. The van der Waals surface area contributed by atoms with E-state index in [9.17, 15) is 10.1 Å². The van der Waals surface area contributed by atoms with Crippen LogP contribution >= 0.6 is 0 Å². The summed E-state index contributed by atoms with van der Waals surface area (Å²) in [6, 6.07) is 6.34. The van der Waals surface area contributed by atoms with Crippen molar-refractivity contribution < 1.29 is 4.79 Å². The van der Waals surface area contributed by atoms with E-state index in [-0.39, 0.29) is 18.0 Å². The number of nitrogens with one attached hydrogen (secondary N) is 1. The maximum Gasteiger partial charge on any atom is 0.236 e. The van der Waals surface area contributed by atoms with Crippen LogP contribution in [0.1, 0.15) is 32.4 Å². The van der Waals surface area contributed by atoms with Gasteiger partial charge in [-0.15, -0.1) is 0 Å². The Morgan fingerprint density at radius 1 is 1.25 bits per heavy atom. The summed E-state index contributed by atoms with van der Waals surface area (Å²) in [5.74, 6) is 0.425. The molecule has 130 valence electrons. The summed E-state index contributed by atoms with van der Waals surface area (Å²) in [4.78, 5) is 20.5. The highest BCUT2D eigenvalue weighted by molar-refractivity contribution is 5.78. The summed E-state index contributed by atoms with van der Waals surface area (Å²) in [5.41, 5.74) is 1.12. The lowest BCUT2D eigenvalue weighted by molar-refractivity contribution is -0.132. The molecular weight excluding hydrogens is 302 g/mol. The summed E-state index contributed by atoms with van der Waals surface area (Å²) in [6.07, 6.45) is 3.52. The van der Waals surface area contributed by atoms with Gasteiger partial charge in [0.2, 0.25) is 5.91 Å². The Morgan fingerprint density at radius 3 is 2.42 bits per heavy atom. The van der Waals surface area contributed by atoms with Crippen LogP contribution in [-0.4, -0.2) is 59.5 Å². The molecule has 6 heteroatoms. The molecular formula is C18H27N5O. The molecule has 1 amide bonds. The molecule has 6 nitrogen and oxygen atoms in total. The van der Waals surface area contributed by atoms with Gasteiger partial charge in [0, 0.05) is 44.6 Å². The van der Waals surface area contributed by atoms with Gasteiger partial charge in [-0.3, -0.25) is 14.7 Å². The number of piperazine rings is 1. The number of hydrogen-bond acceptors (Lipinski definition) is 5. The normalized spacial score (nSPS) is 18.2. The standard InChI is InChI=1S/C18H27N5O/c1-14(2)17(12-19)22-8-10-23(11-9-22)18(24)13-21-15(3)16-4-6-20-7-5-16/h4-7,14-15,17,21H,8-11,13H2,1-3H3/t15-,17+/m0/s1. The zero-order valence-electron chi connectivity index (χ0n) is 14.8. The van der Waals surface area contributed by atoms with Gasteiger partial charge < -0.3 is 10.2 Å². The molecule has 0 spiro atoms. The zero-order valence-corrected chi connectivity index (χ0v) is 14.8. The van der Waals surface area contributed by atoms with E-state index in [4.69, 9.17) is 0 Å². The van der Waals surface area contributed by atoms with Crippen molar-refractivity contribution in [3.8, 4) is 6.07 Å². The molecule has 0 aromatic carbocycles. The fraction of sp³-hybridized carbons (Fsp3) is 0.611. The van der Waals surface area contributed by atoms with Crippen LogP contribution in [0.4, 0.5) is 0 Å². The molecule has 1 aliphatic heterocycles. The van der Waals surface area contributed by atoms with E-state index in [1.807, 2.05) is 24.0 Å². The third-order valence-corrected chi connectivity index (χ3v) is 4.59. The van der Waals surface area contributed by atoms with Crippen LogP contribution in [0, 0.1) is 17.2 Å². The number of carbonyl (C=O) groups excluding carboxylic acids is 1. The zero-order chi connectivity index (χ0) is 17.5. The van der Waals surface area contributed by atoms with Crippen molar-refractivity contribution >= 4 is 5.91 Å². The lowest BCUT2D eigenvalue weighted by Crippen LogP contribution is -2.54. The van der Waals surface area contributed by atoms with Crippen LogP contribution in [0.15, 0.2) is 24.5 Å². The number of carbonyl (C=O) groups is 1. The number of nitriles is 1. The van der Waals surface area contributed by atoms with Gasteiger partial charge in [-0.1, -0.05) is 13.8 Å². The monoisotopic (exact) mass is 329 g/mol. The molecule has 1 aliphatic rings. The molecule has 0 bridgehead atoms. The Balaban J connectivity index is 1.78.